The lowest BCUT2D eigenvalue weighted by Gasteiger charge is -2.39. The number of esters is 1. The minimum Gasteiger partial charge on any atom is -0.455 e. The van der Waals surface area contributed by atoms with Crippen molar-refractivity contribution in [3.05, 3.63) is 89.5 Å². The molecule has 2 N–H and O–H groups in total. The van der Waals surface area contributed by atoms with E-state index in [2.05, 4.69) is 5.32 Å². The van der Waals surface area contributed by atoms with E-state index in [4.69, 9.17) is 21.1 Å². The number of hydrogen-bond donors (Lipinski definition) is 2. The topological polar surface area (TPSA) is 125 Å². The largest absolute Gasteiger partial charge is 0.455 e. The van der Waals surface area contributed by atoms with Crippen LogP contribution in [-0.2, 0) is 28.7 Å². The molecule has 3 amide bonds. The Labute approximate surface area is 285 Å². The highest BCUT2D eigenvalue weighted by molar-refractivity contribution is 6.34. The van der Waals surface area contributed by atoms with E-state index in [1.165, 1.54) is 9.80 Å². The molecule has 4 aliphatic heterocycles. The van der Waals surface area contributed by atoms with Crippen molar-refractivity contribution in [2.75, 3.05) is 18.1 Å². The number of benzene rings is 2. The summed E-state index contributed by atoms with van der Waals surface area (Å²) in [5, 5.41) is 14.0. The van der Waals surface area contributed by atoms with Crippen molar-refractivity contribution >= 4 is 41.0 Å². The van der Waals surface area contributed by atoms with Crippen LogP contribution in [0.2, 0.25) is 5.02 Å². The summed E-state index contributed by atoms with van der Waals surface area (Å²) >= 11 is 6.58. The van der Waals surface area contributed by atoms with E-state index < -0.39 is 65.6 Å². The van der Waals surface area contributed by atoms with Gasteiger partial charge in [0.05, 0.1) is 41.4 Å². The number of amides is 3. The van der Waals surface area contributed by atoms with E-state index in [9.17, 15) is 24.3 Å². The lowest BCUT2D eigenvalue weighted by molar-refractivity contribution is -0.162. The highest BCUT2D eigenvalue weighted by atomic mass is 35.5. The summed E-state index contributed by atoms with van der Waals surface area (Å²) in [6, 6.07) is 13.7. The van der Waals surface area contributed by atoms with Gasteiger partial charge in [0.1, 0.15) is 23.7 Å². The summed E-state index contributed by atoms with van der Waals surface area (Å²) in [6.45, 7) is 5.52. The van der Waals surface area contributed by atoms with Gasteiger partial charge >= 0.3 is 5.97 Å². The fourth-order valence-corrected chi connectivity index (χ4v) is 7.98. The number of cyclic esters (lactones) is 1. The molecule has 0 unspecified atom stereocenters. The van der Waals surface area contributed by atoms with E-state index in [-0.39, 0.29) is 31.4 Å². The first-order valence-corrected chi connectivity index (χ1v) is 17.0. The van der Waals surface area contributed by atoms with Gasteiger partial charge in [-0.15, -0.1) is 0 Å². The predicted octanol–water partition coefficient (Wildman–Crippen LogP) is 4.37. The molecule has 1 spiro atoms. The molecule has 2 aromatic rings. The van der Waals surface area contributed by atoms with Crippen molar-refractivity contribution in [1.82, 2.24) is 10.2 Å². The zero-order chi connectivity index (χ0) is 34.2. The Balaban J connectivity index is 1.48. The molecule has 48 heavy (non-hydrogen) atoms. The number of para-hydroxylation sites is 1. The molecule has 2 fully saturated rings. The zero-order valence-corrected chi connectivity index (χ0v) is 28.1. The number of carbonyl (C=O) groups excluding carboxylic acids is 4. The molecule has 2 saturated heterocycles. The molecule has 4 heterocycles. The number of hydrogen-bond acceptors (Lipinski definition) is 7. The lowest BCUT2D eigenvalue weighted by Crippen LogP contribution is -2.58. The van der Waals surface area contributed by atoms with Crippen LogP contribution in [0, 0.1) is 17.8 Å². The fraction of sp³-hybridized carbons (Fsp3) is 0.459. The second-order valence-corrected chi connectivity index (χ2v) is 13.9. The Morgan fingerprint density at radius 2 is 1.75 bits per heavy atom. The molecule has 4 aliphatic rings. The number of halogens is 1. The number of carbonyl (C=O) groups is 4. The Hall–Kier alpha value is -3.99. The highest BCUT2D eigenvalue weighted by Gasteiger charge is 2.72. The minimum atomic E-state index is -1.55. The quantitative estimate of drug-likeness (QED) is 0.344. The number of nitrogens with one attached hydrogen (secondary N) is 1. The number of rotatable bonds is 6. The third-order valence-corrected chi connectivity index (χ3v) is 10.1. The maximum absolute atomic E-state index is 14.8. The van der Waals surface area contributed by atoms with E-state index in [1.54, 1.807) is 55.5 Å². The number of allylic oxidation sites excluding steroid dienone is 1. The summed E-state index contributed by atoms with van der Waals surface area (Å²) in [5.74, 6) is -3.89. The van der Waals surface area contributed by atoms with Crippen LogP contribution >= 0.6 is 11.6 Å². The molecule has 0 aliphatic carbocycles. The monoisotopic (exact) mass is 675 g/mol. The van der Waals surface area contributed by atoms with Crippen LogP contribution in [-0.4, -0.2) is 76.7 Å². The normalized spacial score (nSPS) is 32.0. The second-order valence-electron chi connectivity index (χ2n) is 13.4. The third-order valence-electron chi connectivity index (χ3n) is 9.77. The van der Waals surface area contributed by atoms with Crippen LogP contribution in [0.15, 0.2) is 78.9 Å². The third kappa shape index (κ3) is 6.06. The van der Waals surface area contributed by atoms with Crippen LogP contribution in [0.25, 0.3) is 0 Å². The first-order chi connectivity index (χ1) is 23.1. The van der Waals surface area contributed by atoms with Gasteiger partial charge in [0.15, 0.2) is 0 Å². The average Bonchev–Trinajstić information content (AvgIpc) is 3.45. The smallest absolute Gasteiger partial charge is 0.313 e. The van der Waals surface area contributed by atoms with Crippen LogP contribution in [0.3, 0.4) is 0 Å². The maximum atomic E-state index is 14.8. The number of aliphatic hydroxyl groups excluding tert-OH is 1. The van der Waals surface area contributed by atoms with Gasteiger partial charge in [0, 0.05) is 13.0 Å². The van der Waals surface area contributed by atoms with Gasteiger partial charge in [0.2, 0.25) is 11.8 Å². The van der Waals surface area contributed by atoms with Crippen molar-refractivity contribution in [2.24, 2.45) is 17.8 Å². The van der Waals surface area contributed by atoms with Gasteiger partial charge in [-0.05, 0) is 43.4 Å². The van der Waals surface area contributed by atoms with Crippen molar-refractivity contribution in [1.29, 1.82) is 0 Å². The zero-order valence-electron chi connectivity index (χ0n) is 27.3. The SMILES string of the molecule is CC(C)C[C@H](CO)N1C(=O)[C@H]2[C@@H]3C(=O)O[C@@H](c4ccccc4)[C@H](C)NC(=O)CC/C=C\[C@@H]3O[C@]23C=CCN(c2ccccc2Cl)C(=O)[C@H]13. The molecule has 0 radical (unpaired) electrons. The van der Waals surface area contributed by atoms with E-state index in [0.717, 1.165) is 0 Å². The first kappa shape index (κ1) is 33.9. The molecule has 254 valence electrons. The first-order valence-electron chi connectivity index (χ1n) is 16.6. The van der Waals surface area contributed by atoms with Gasteiger partial charge in [-0.2, -0.15) is 0 Å². The number of ether oxygens (including phenoxy) is 2. The highest BCUT2D eigenvalue weighted by Crippen LogP contribution is 2.54. The summed E-state index contributed by atoms with van der Waals surface area (Å²) in [4.78, 5) is 59.9. The molecule has 0 bridgehead atoms. The Morgan fingerprint density at radius 1 is 1.02 bits per heavy atom. The van der Waals surface area contributed by atoms with Crippen molar-refractivity contribution in [3.8, 4) is 0 Å². The van der Waals surface area contributed by atoms with Crippen LogP contribution in [0.1, 0.15) is 51.7 Å². The molecule has 11 heteroatoms. The molecular formula is C37H42ClN3O7. The van der Waals surface area contributed by atoms with Gasteiger partial charge in [-0.25, -0.2) is 0 Å². The van der Waals surface area contributed by atoms with Gasteiger partial charge < -0.3 is 29.7 Å². The number of nitrogens with zero attached hydrogens (tertiary/aromatic N) is 2. The van der Waals surface area contributed by atoms with Crippen molar-refractivity contribution in [2.45, 2.75) is 76.0 Å². The molecule has 0 aromatic heterocycles. The predicted molar refractivity (Wildman–Crippen MR) is 180 cm³/mol. The molecule has 6 rings (SSSR count). The number of aliphatic hydroxyl groups is 1. The Bertz CT molecular complexity index is 1610. The van der Waals surface area contributed by atoms with Gasteiger partial charge in [-0.1, -0.05) is 92.2 Å². The van der Waals surface area contributed by atoms with Crippen molar-refractivity contribution in [3.63, 3.8) is 0 Å². The Morgan fingerprint density at radius 3 is 2.46 bits per heavy atom. The van der Waals surface area contributed by atoms with E-state index >= 15 is 0 Å². The fourth-order valence-electron chi connectivity index (χ4n) is 7.74. The second kappa shape index (κ2) is 13.9. The van der Waals surface area contributed by atoms with Crippen LogP contribution in [0.4, 0.5) is 5.69 Å². The molecule has 2 aromatic carbocycles. The van der Waals surface area contributed by atoms with Gasteiger partial charge in [-0.3, -0.25) is 19.2 Å². The van der Waals surface area contributed by atoms with Crippen LogP contribution < -0.4 is 10.2 Å². The summed E-state index contributed by atoms with van der Waals surface area (Å²) in [5.41, 5.74) is -0.382. The average molecular weight is 676 g/mol. The summed E-state index contributed by atoms with van der Waals surface area (Å²) in [7, 11) is 0. The van der Waals surface area contributed by atoms with Crippen LogP contribution in [0.5, 0.6) is 0 Å². The molecule has 8 atom stereocenters. The molecule has 10 nitrogen and oxygen atoms in total. The van der Waals surface area contributed by atoms with Crippen molar-refractivity contribution < 1.29 is 33.8 Å². The Kier molecular flexibility index (Phi) is 9.79. The molecule has 0 saturated carbocycles. The molecular weight excluding hydrogens is 634 g/mol. The lowest BCUT2D eigenvalue weighted by atomic mass is 9.77. The summed E-state index contributed by atoms with van der Waals surface area (Å²) < 4.78 is 13.1. The maximum Gasteiger partial charge on any atom is 0.313 e. The van der Waals surface area contributed by atoms with Gasteiger partial charge in [0.25, 0.3) is 5.91 Å². The number of likely N-dealkylation sites (tertiary alicyclic amines) is 1. The number of fused-ring (bicyclic) bond motifs is 2. The standard InChI is InChI=1S/C37H42ClN3O7/c1-22(2)20-25(21-42)41-33-35(45)40(27-15-8-7-14-26(27)38)19-11-18-37(33)31(34(41)44)30-28(48-37)16-9-10-17-29(43)39-23(3)32(47-36(30)46)24-12-5-4-6-13-24/h4-9,11-16,18,22-23,25,28,30-33,42H,10,17,19-21H2,1-3H3,(H,39,43)/b16-9-/t23-,25+,28-,30+,31+,32+,33-,37+/m0/s1. The summed E-state index contributed by atoms with van der Waals surface area (Å²) in [6.07, 6.45) is 6.24. The number of anilines is 1. The minimum absolute atomic E-state index is 0.0914. The van der Waals surface area contributed by atoms with E-state index in [0.29, 0.717) is 29.1 Å². The van der Waals surface area contributed by atoms with E-state index in [1.807, 2.05) is 44.2 Å².